The molecule has 0 saturated heterocycles. The second-order valence-electron chi connectivity index (χ2n) is 9.26. The zero-order valence-corrected chi connectivity index (χ0v) is 28.5. The molecule has 1 aromatic heterocycles. The predicted molar refractivity (Wildman–Crippen MR) is 157 cm³/mol. The van der Waals surface area contributed by atoms with E-state index in [0.29, 0.717) is 16.3 Å². The maximum atomic E-state index is 12.0. The first-order valence-electron chi connectivity index (χ1n) is 12.5. The van der Waals surface area contributed by atoms with E-state index < -0.39 is 5.91 Å². The number of rotatable bonds is 7. The van der Waals surface area contributed by atoms with Gasteiger partial charge in [0.2, 0.25) is 0 Å². The molecule has 2 aromatic rings. The molecule has 1 heterocycles. The number of anilines is 1. The second-order valence-corrected chi connectivity index (χ2v) is 9.26. The van der Waals surface area contributed by atoms with Crippen LogP contribution in [0.4, 0.5) is 5.82 Å². The van der Waals surface area contributed by atoms with Gasteiger partial charge in [0.1, 0.15) is 11.6 Å². The first-order chi connectivity index (χ1) is 16.9. The molecule has 5 nitrogen and oxygen atoms in total. The molecule has 202 valence electrons. The molecule has 0 aliphatic heterocycles. The summed E-state index contributed by atoms with van der Waals surface area (Å²) in [5.41, 5.74) is 16.1. The van der Waals surface area contributed by atoms with Crippen LogP contribution in [0, 0.1) is 50.4 Å². The van der Waals surface area contributed by atoms with Gasteiger partial charge in [0.05, 0.1) is 16.6 Å². The van der Waals surface area contributed by atoms with Gasteiger partial charge in [-0.3, -0.25) is 9.36 Å². The number of aromatic hydroxyl groups is 1. The molecule has 0 aliphatic carbocycles. The van der Waals surface area contributed by atoms with E-state index in [1.165, 1.54) is 11.5 Å². The summed E-state index contributed by atoms with van der Waals surface area (Å²) in [7, 11) is 0. The van der Waals surface area contributed by atoms with Gasteiger partial charge in [0, 0.05) is 11.3 Å². The van der Waals surface area contributed by atoms with Crippen molar-refractivity contribution in [1.82, 2.24) is 4.57 Å². The Hall–Kier alpha value is -2.16. The Kier molecular flexibility index (Phi) is 19.0. The molecule has 1 amide bonds. The van der Waals surface area contributed by atoms with Crippen LogP contribution < -0.4 is 22.0 Å². The van der Waals surface area contributed by atoms with Crippen LogP contribution in [0.15, 0.2) is 41.5 Å². The third-order valence-electron chi connectivity index (χ3n) is 5.09. The molecule has 6 heteroatoms. The van der Waals surface area contributed by atoms with Crippen LogP contribution in [0.3, 0.4) is 0 Å². The minimum atomic E-state index is -0.628. The molecule has 2 rings (SSSR count). The molecule has 0 radical (unpaired) electrons. The van der Waals surface area contributed by atoms with E-state index >= 15 is 0 Å². The van der Waals surface area contributed by atoms with Crippen molar-refractivity contribution in [2.75, 3.05) is 5.73 Å². The molecule has 0 fully saturated rings. The number of aryl methyl sites for hydroxylation is 1. The van der Waals surface area contributed by atoms with Crippen molar-refractivity contribution in [3.05, 3.63) is 75.5 Å². The molecular weight excluding hydrogens is 684 g/mol. The number of nitrogen functional groups attached to an aromatic ring is 1. The van der Waals surface area contributed by atoms with E-state index in [2.05, 4.69) is 54.2 Å². The van der Waals surface area contributed by atoms with E-state index in [-0.39, 0.29) is 48.2 Å². The van der Waals surface area contributed by atoms with Gasteiger partial charge in [-0.2, -0.15) is 34.6 Å². The number of aromatic nitrogens is 1. The monoisotopic (exact) mass is 731 g/mol. The Labute approximate surface area is 248 Å². The van der Waals surface area contributed by atoms with Crippen molar-refractivity contribution in [2.24, 2.45) is 5.73 Å². The van der Waals surface area contributed by atoms with Crippen molar-refractivity contribution in [1.29, 1.82) is 0 Å². The number of benzene rings is 1. The number of phenolic OH excluding ortho intramolecular Hbond substituents is 1. The molecule has 5 N–H and O–H groups in total. The average Bonchev–Trinajstić information content (AvgIpc) is 3.03. The van der Waals surface area contributed by atoms with Crippen LogP contribution in [-0.4, -0.2) is 15.6 Å². The van der Waals surface area contributed by atoms with Crippen LogP contribution in [0.25, 0.3) is 18.3 Å². The number of allylic oxidation sites excluding steroid dienone is 4. The van der Waals surface area contributed by atoms with Crippen molar-refractivity contribution < 1.29 is 41.0 Å². The van der Waals surface area contributed by atoms with Crippen LogP contribution in [0.5, 0.6) is 5.75 Å². The fourth-order valence-corrected chi connectivity index (χ4v) is 3.42. The van der Waals surface area contributed by atoms with Gasteiger partial charge in [-0.1, -0.05) is 45.1 Å². The van der Waals surface area contributed by atoms with E-state index in [4.69, 9.17) is 11.5 Å². The maximum absolute atomic E-state index is 12.0. The Bertz CT molecular complexity index is 1160. The minimum Gasteiger partial charge on any atom is -0.508 e. The number of hydrogen-bond donors (Lipinski definition) is 3. The van der Waals surface area contributed by atoms with Gasteiger partial charge < -0.3 is 28.9 Å². The van der Waals surface area contributed by atoms with E-state index in [1.54, 1.807) is 22.8 Å². The summed E-state index contributed by atoms with van der Waals surface area (Å²) < 4.78 is 1.72. The molecule has 37 heavy (non-hydrogen) atoms. The molecule has 0 unspecified atom stereocenters. The molecular formula is C31H47N3O2U. The third-order valence-corrected chi connectivity index (χ3v) is 5.09. The number of phenols is 1. The number of nitrogens with two attached hydrogens (primary N) is 2. The van der Waals surface area contributed by atoms with Gasteiger partial charge in [-0.25, -0.2) is 0 Å². The molecule has 0 saturated carbocycles. The van der Waals surface area contributed by atoms with Gasteiger partial charge >= 0.3 is 31.1 Å². The zero-order valence-electron chi connectivity index (χ0n) is 24.3. The normalized spacial score (nSPS) is 11.8. The SMILES string of the molecule is C=c1c(C(N)=O)c(N)n(-c2cc(O)ccc2C)/c1=C/C=C(C)/C(=C/CCC)CC.C[C-](C)C.C[CH-]C.[U+2]. The number of hydrogen-bond acceptors (Lipinski definition) is 3. The van der Waals surface area contributed by atoms with Gasteiger partial charge in [0.15, 0.2) is 0 Å². The van der Waals surface area contributed by atoms with E-state index in [1.807, 2.05) is 39.3 Å². The first kappa shape index (κ1) is 37.0. The molecule has 0 bridgehead atoms. The quantitative estimate of drug-likeness (QED) is 0.231. The predicted octanol–water partition coefficient (Wildman–Crippen LogP) is 6.30. The van der Waals surface area contributed by atoms with Crippen LogP contribution in [-0.2, 0) is 0 Å². The van der Waals surface area contributed by atoms with E-state index in [0.717, 1.165) is 30.4 Å². The smallest absolute Gasteiger partial charge is 0.508 e. The molecule has 1 aromatic carbocycles. The first-order valence-corrected chi connectivity index (χ1v) is 12.5. The summed E-state index contributed by atoms with van der Waals surface area (Å²) in [6, 6.07) is 5.02. The summed E-state index contributed by atoms with van der Waals surface area (Å²) in [4.78, 5) is 12.0. The fourth-order valence-electron chi connectivity index (χ4n) is 3.42. The van der Waals surface area contributed by atoms with Crippen molar-refractivity contribution >= 4 is 24.4 Å². The number of carbonyl (C=O) groups excluding carboxylic acids is 1. The minimum absolute atomic E-state index is 0. The standard InChI is InChI=1S/C24H31N3O2.C4H9.C3H7.U/c1-6-8-9-18(7-2)15(3)11-13-20-17(5)22(24(26)29)23(25)27(20)21-14-19(28)12-10-16(21)4;1-4(2)3;1-3-2;/h9-14,28H,5-8,25H2,1-4H3,(H2,26,29);1-3H3;3H,1-2H3;/q;2*-1;+2/b15-11+,18-9+,20-13+;;;. The maximum Gasteiger partial charge on any atom is 2.00 e. The number of amides is 1. The third kappa shape index (κ3) is 11.8. The molecule has 0 atom stereocenters. The largest absolute Gasteiger partial charge is 2.00 e. The Morgan fingerprint density at radius 2 is 1.76 bits per heavy atom. The van der Waals surface area contributed by atoms with E-state index in [9.17, 15) is 9.90 Å². The zero-order chi connectivity index (χ0) is 28.0. The van der Waals surface area contributed by atoms with Crippen LogP contribution in [0.1, 0.15) is 90.6 Å². The topological polar surface area (TPSA) is 94.3 Å². The summed E-state index contributed by atoms with van der Waals surface area (Å²) in [5, 5.41) is 11.1. The van der Waals surface area contributed by atoms with Crippen LogP contribution >= 0.6 is 0 Å². The van der Waals surface area contributed by atoms with Gasteiger partial charge in [0.25, 0.3) is 5.91 Å². The Morgan fingerprint density at radius 3 is 2.22 bits per heavy atom. The van der Waals surface area contributed by atoms with Crippen LogP contribution in [0.2, 0.25) is 0 Å². The van der Waals surface area contributed by atoms with Gasteiger partial charge in [-0.05, 0) is 55.5 Å². The molecule has 0 spiro atoms. The summed E-state index contributed by atoms with van der Waals surface area (Å²) in [5.74, 6) is 1.11. The number of nitrogens with zero attached hydrogens (tertiary/aromatic N) is 1. The van der Waals surface area contributed by atoms with Gasteiger partial charge in [-0.15, -0.1) is 0 Å². The average molecular weight is 732 g/mol. The van der Waals surface area contributed by atoms with Crippen molar-refractivity contribution in [3.8, 4) is 11.4 Å². The second kappa shape index (κ2) is 19.0. The summed E-state index contributed by atoms with van der Waals surface area (Å²) >= 11 is 0. The Balaban J connectivity index is 0. The molecule has 0 aliphatic rings. The number of primary amides is 1. The van der Waals surface area contributed by atoms with Crippen molar-refractivity contribution in [2.45, 2.75) is 81.6 Å². The number of carbonyl (C=O) groups is 1. The summed E-state index contributed by atoms with van der Waals surface area (Å²) in [6.07, 6.45) is 11.2. The van der Waals surface area contributed by atoms with Crippen molar-refractivity contribution in [3.63, 3.8) is 0 Å². The Morgan fingerprint density at radius 1 is 1.22 bits per heavy atom. The summed E-state index contributed by atoms with van der Waals surface area (Å²) in [6.45, 7) is 22.6. The number of unbranched alkanes of at least 4 members (excludes halogenated alkanes) is 1. The fraction of sp³-hybridized carbons (Fsp3) is 0.387.